The third kappa shape index (κ3) is 4.52. The van der Waals surface area contributed by atoms with Gasteiger partial charge in [0.05, 0.1) is 18.6 Å². The second-order valence-corrected chi connectivity index (χ2v) is 7.77. The molecule has 3 aromatic carbocycles. The number of nitrogens with zero attached hydrogens (tertiary/aromatic N) is 1. The molecule has 1 aliphatic rings. The lowest BCUT2D eigenvalue weighted by Crippen LogP contribution is -2.40. The number of piperidine rings is 1. The second-order valence-electron chi connectivity index (χ2n) is 7.77. The van der Waals surface area contributed by atoms with E-state index >= 15 is 0 Å². The largest absolute Gasteiger partial charge is 0.465 e. The van der Waals surface area contributed by atoms with Crippen LogP contribution in [0.5, 0.6) is 0 Å². The van der Waals surface area contributed by atoms with Gasteiger partial charge in [0.2, 0.25) is 5.91 Å². The Morgan fingerprint density at radius 2 is 1.80 bits per heavy atom. The molecule has 0 aromatic heterocycles. The fourth-order valence-corrected chi connectivity index (χ4v) is 4.14. The maximum absolute atomic E-state index is 12.8. The van der Waals surface area contributed by atoms with Crippen LogP contribution in [-0.4, -0.2) is 37.0 Å². The van der Waals surface area contributed by atoms with Crippen molar-refractivity contribution in [2.45, 2.75) is 19.4 Å². The third-order valence-electron chi connectivity index (χ3n) is 5.72. The number of nitrogens with one attached hydrogen (secondary N) is 1. The lowest BCUT2D eigenvalue weighted by atomic mass is 9.96. The Morgan fingerprint density at radius 3 is 2.60 bits per heavy atom. The van der Waals surface area contributed by atoms with E-state index in [1.54, 1.807) is 24.3 Å². The minimum atomic E-state index is -0.385. The summed E-state index contributed by atoms with van der Waals surface area (Å²) in [5, 5.41) is 5.51. The van der Waals surface area contributed by atoms with Gasteiger partial charge in [-0.2, -0.15) is 0 Å². The van der Waals surface area contributed by atoms with E-state index in [2.05, 4.69) is 52.7 Å². The number of rotatable bonds is 5. The number of carbonyl (C=O) groups is 2. The number of carbonyl (C=O) groups excluding carboxylic acids is 2. The maximum atomic E-state index is 12.8. The van der Waals surface area contributed by atoms with Crippen molar-refractivity contribution in [2.75, 3.05) is 25.5 Å². The number of hydrogen-bond donors (Lipinski definition) is 1. The molecule has 0 radical (unpaired) electrons. The fourth-order valence-electron chi connectivity index (χ4n) is 4.14. The molecule has 0 saturated carbocycles. The van der Waals surface area contributed by atoms with Gasteiger partial charge in [0.1, 0.15) is 0 Å². The molecule has 0 bridgehead atoms. The van der Waals surface area contributed by atoms with Gasteiger partial charge in [0, 0.05) is 18.8 Å². The molecule has 1 unspecified atom stereocenters. The first-order valence-electron chi connectivity index (χ1n) is 10.3. The molecule has 30 heavy (non-hydrogen) atoms. The first-order valence-corrected chi connectivity index (χ1v) is 10.3. The predicted octanol–water partition coefficient (Wildman–Crippen LogP) is 4.48. The fraction of sp³-hybridized carbons (Fsp3) is 0.280. The van der Waals surface area contributed by atoms with Crippen molar-refractivity contribution in [3.63, 3.8) is 0 Å². The Morgan fingerprint density at radius 1 is 1.03 bits per heavy atom. The van der Waals surface area contributed by atoms with Crippen LogP contribution < -0.4 is 5.32 Å². The van der Waals surface area contributed by atoms with Crippen LogP contribution in [0.25, 0.3) is 10.8 Å². The third-order valence-corrected chi connectivity index (χ3v) is 5.72. The summed E-state index contributed by atoms with van der Waals surface area (Å²) in [6.45, 7) is 2.59. The van der Waals surface area contributed by atoms with E-state index in [4.69, 9.17) is 4.74 Å². The van der Waals surface area contributed by atoms with Gasteiger partial charge < -0.3 is 10.1 Å². The topological polar surface area (TPSA) is 58.6 Å². The molecule has 1 heterocycles. The summed E-state index contributed by atoms with van der Waals surface area (Å²) < 4.78 is 4.71. The van der Waals surface area contributed by atoms with E-state index in [0.717, 1.165) is 32.5 Å². The predicted molar refractivity (Wildman–Crippen MR) is 118 cm³/mol. The average Bonchev–Trinajstić information content (AvgIpc) is 2.79. The Kier molecular flexibility index (Phi) is 6.10. The number of likely N-dealkylation sites (tertiary alicyclic amines) is 1. The number of ether oxygens (including phenoxy) is 1. The van der Waals surface area contributed by atoms with Crippen molar-refractivity contribution in [1.29, 1.82) is 0 Å². The molecule has 1 fully saturated rings. The molecule has 154 valence electrons. The van der Waals surface area contributed by atoms with Crippen LogP contribution in [0, 0.1) is 5.92 Å². The monoisotopic (exact) mass is 402 g/mol. The highest BCUT2D eigenvalue weighted by molar-refractivity contribution is 5.94. The number of fused-ring (bicyclic) bond motifs is 1. The number of anilines is 1. The zero-order chi connectivity index (χ0) is 20.9. The summed E-state index contributed by atoms with van der Waals surface area (Å²) in [4.78, 5) is 26.7. The van der Waals surface area contributed by atoms with Gasteiger partial charge >= 0.3 is 5.97 Å². The number of esters is 1. The van der Waals surface area contributed by atoms with E-state index in [0.29, 0.717) is 11.3 Å². The van der Waals surface area contributed by atoms with E-state index in [1.165, 1.54) is 23.4 Å². The minimum Gasteiger partial charge on any atom is -0.465 e. The molecule has 4 rings (SSSR count). The van der Waals surface area contributed by atoms with Crippen LogP contribution in [0.2, 0.25) is 0 Å². The summed E-state index contributed by atoms with van der Waals surface area (Å²) in [5.41, 5.74) is 2.46. The lowest BCUT2D eigenvalue weighted by Gasteiger charge is -2.32. The van der Waals surface area contributed by atoms with Gasteiger partial charge in [-0.3, -0.25) is 9.69 Å². The molecule has 5 nitrogen and oxygen atoms in total. The zero-order valence-electron chi connectivity index (χ0n) is 17.1. The van der Waals surface area contributed by atoms with Gasteiger partial charge in [0.15, 0.2) is 0 Å². The van der Waals surface area contributed by atoms with E-state index in [-0.39, 0.29) is 17.8 Å². The highest BCUT2D eigenvalue weighted by atomic mass is 16.5. The van der Waals surface area contributed by atoms with Gasteiger partial charge in [-0.05, 0) is 60.0 Å². The van der Waals surface area contributed by atoms with Crippen molar-refractivity contribution in [3.8, 4) is 0 Å². The smallest absolute Gasteiger partial charge is 0.337 e. The van der Waals surface area contributed by atoms with Gasteiger partial charge in [0.25, 0.3) is 0 Å². The Labute approximate surface area is 176 Å². The number of hydrogen-bond acceptors (Lipinski definition) is 4. The van der Waals surface area contributed by atoms with Crippen LogP contribution >= 0.6 is 0 Å². The Balaban J connectivity index is 1.39. The van der Waals surface area contributed by atoms with Gasteiger partial charge in [-0.1, -0.05) is 42.5 Å². The normalized spacial score (nSPS) is 16.9. The Bertz CT molecular complexity index is 1040. The van der Waals surface area contributed by atoms with E-state index in [9.17, 15) is 9.59 Å². The highest BCUT2D eigenvalue weighted by Crippen LogP contribution is 2.24. The lowest BCUT2D eigenvalue weighted by molar-refractivity contribution is -0.121. The van der Waals surface area contributed by atoms with Crippen molar-refractivity contribution in [2.24, 2.45) is 5.92 Å². The molecule has 1 amide bonds. The molecule has 1 N–H and O–H groups in total. The molecule has 0 aliphatic carbocycles. The summed E-state index contributed by atoms with van der Waals surface area (Å²) >= 11 is 0. The quantitative estimate of drug-likeness (QED) is 0.640. The highest BCUT2D eigenvalue weighted by Gasteiger charge is 2.26. The summed E-state index contributed by atoms with van der Waals surface area (Å²) in [5.74, 6) is -0.401. The first kappa shape index (κ1) is 20.1. The standard InChI is InChI=1S/C25H26N2O3/c1-30-25(29)19-11-13-22(14-12-19)26-24(28)21-9-5-15-27(17-21)16-20-8-4-7-18-6-2-3-10-23(18)20/h2-4,6-8,10-14,21H,5,9,15-17H2,1H3,(H,26,28). The van der Waals surface area contributed by atoms with E-state index in [1.807, 2.05) is 0 Å². The molecule has 3 aromatic rings. The Hall–Kier alpha value is -3.18. The number of benzene rings is 3. The van der Waals surface area contributed by atoms with Crippen LogP contribution in [0.4, 0.5) is 5.69 Å². The number of amides is 1. The molecular weight excluding hydrogens is 376 g/mol. The van der Waals surface area contributed by atoms with Crippen LogP contribution in [0.3, 0.4) is 0 Å². The molecule has 5 heteroatoms. The summed E-state index contributed by atoms with van der Waals surface area (Å²) in [7, 11) is 1.35. The van der Waals surface area contributed by atoms with Crippen molar-refractivity contribution in [3.05, 3.63) is 77.9 Å². The average molecular weight is 402 g/mol. The van der Waals surface area contributed by atoms with Crippen molar-refractivity contribution in [1.82, 2.24) is 4.90 Å². The van der Waals surface area contributed by atoms with Crippen molar-refractivity contribution >= 4 is 28.3 Å². The molecule has 0 spiro atoms. The SMILES string of the molecule is COC(=O)c1ccc(NC(=O)C2CCCN(Cc3cccc4ccccc34)C2)cc1. The second kappa shape index (κ2) is 9.09. The summed E-state index contributed by atoms with van der Waals surface area (Å²) in [6, 6.07) is 21.6. The van der Waals surface area contributed by atoms with Crippen LogP contribution in [0.1, 0.15) is 28.8 Å². The maximum Gasteiger partial charge on any atom is 0.337 e. The van der Waals surface area contributed by atoms with Gasteiger partial charge in [-0.15, -0.1) is 0 Å². The number of methoxy groups -OCH3 is 1. The summed E-state index contributed by atoms with van der Waals surface area (Å²) in [6.07, 6.45) is 1.89. The zero-order valence-corrected chi connectivity index (χ0v) is 17.1. The minimum absolute atomic E-state index is 0.0310. The van der Waals surface area contributed by atoms with Crippen LogP contribution in [-0.2, 0) is 16.1 Å². The molecule has 1 aliphatic heterocycles. The molecule has 1 saturated heterocycles. The van der Waals surface area contributed by atoms with Crippen molar-refractivity contribution < 1.29 is 14.3 Å². The van der Waals surface area contributed by atoms with Gasteiger partial charge in [-0.25, -0.2) is 4.79 Å². The van der Waals surface area contributed by atoms with E-state index < -0.39 is 0 Å². The molecular formula is C25H26N2O3. The first-order chi connectivity index (χ1) is 14.6. The van der Waals surface area contributed by atoms with Crippen LogP contribution in [0.15, 0.2) is 66.7 Å². The molecule has 1 atom stereocenters.